The lowest BCUT2D eigenvalue weighted by Gasteiger charge is -2.24. The number of aromatic nitrogens is 1. The quantitative estimate of drug-likeness (QED) is 0.849. The number of amides is 1. The van der Waals surface area contributed by atoms with Crippen LogP contribution in [0.25, 0.3) is 0 Å². The van der Waals surface area contributed by atoms with Crippen LogP contribution in [-0.4, -0.2) is 34.9 Å². The highest BCUT2D eigenvalue weighted by molar-refractivity contribution is 5.82. The Balaban J connectivity index is 1.98. The van der Waals surface area contributed by atoms with Crippen molar-refractivity contribution in [3.8, 4) is 0 Å². The largest absolute Gasteiger partial charge is 0.337 e. The van der Waals surface area contributed by atoms with Gasteiger partial charge in [-0.25, -0.2) is 0 Å². The summed E-state index contributed by atoms with van der Waals surface area (Å²) in [5.41, 5.74) is 1.13. The van der Waals surface area contributed by atoms with Crippen LogP contribution in [0.2, 0.25) is 0 Å². The molecule has 0 radical (unpaired) electrons. The topological polar surface area (TPSA) is 45.2 Å². The van der Waals surface area contributed by atoms with Gasteiger partial charge in [-0.3, -0.25) is 9.78 Å². The molecule has 1 amide bonds. The summed E-state index contributed by atoms with van der Waals surface area (Å²) in [6.45, 7) is 4.41. The van der Waals surface area contributed by atoms with Gasteiger partial charge in [-0.15, -0.1) is 0 Å². The van der Waals surface area contributed by atoms with Crippen molar-refractivity contribution < 1.29 is 4.79 Å². The van der Waals surface area contributed by atoms with Gasteiger partial charge in [0.05, 0.1) is 6.04 Å². The molecular formula is C13H19N3O. The third-order valence-electron chi connectivity index (χ3n) is 3.17. The first kappa shape index (κ1) is 12.0. The Bertz CT molecular complexity index is 360. The Kier molecular flexibility index (Phi) is 4.09. The summed E-state index contributed by atoms with van der Waals surface area (Å²) in [6, 6.07) is 3.94. The third kappa shape index (κ3) is 3.03. The zero-order chi connectivity index (χ0) is 12.1. The molecule has 4 heteroatoms. The molecule has 0 aromatic carbocycles. The summed E-state index contributed by atoms with van der Waals surface area (Å²) < 4.78 is 0. The summed E-state index contributed by atoms with van der Waals surface area (Å²) >= 11 is 0. The summed E-state index contributed by atoms with van der Waals surface area (Å²) in [6.07, 6.45) is 5.60. The van der Waals surface area contributed by atoms with E-state index in [4.69, 9.17) is 0 Å². The molecule has 0 unspecified atom stereocenters. The Hall–Kier alpha value is -1.42. The van der Waals surface area contributed by atoms with E-state index in [-0.39, 0.29) is 11.9 Å². The molecule has 1 aliphatic heterocycles. The molecule has 1 saturated heterocycles. The van der Waals surface area contributed by atoms with Gasteiger partial charge < -0.3 is 10.2 Å². The molecule has 1 aromatic rings. The van der Waals surface area contributed by atoms with Gasteiger partial charge in [0.1, 0.15) is 0 Å². The molecular weight excluding hydrogens is 214 g/mol. The fraction of sp³-hybridized carbons (Fsp3) is 0.538. The zero-order valence-electron chi connectivity index (χ0n) is 10.2. The molecule has 17 heavy (non-hydrogen) atoms. The second-order valence-electron chi connectivity index (χ2n) is 4.36. The smallest absolute Gasteiger partial charge is 0.239 e. The van der Waals surface area contributed by atoms with E-state index in [1.807, 2.05) is 24.0 Å². The number of nitrogens with zero attached hydrogens (tertiary/aromatic N) is 2. The summed E-state index contributed by atoms with van der Waals surface area (Å²) in [5, 5.41) is 3.25. The lowest BCUT2D eigenvalue weighted by Crippen LogP contribution is -2.43. The van der Waals surface area contributed by atoms with Crippen LogP contribution >= 0.6 is 0 Å². The van der Waals surface area contributed by atoms with E-state index in [0.29, 0.717) is 6.54 Å². The van der Waals surface area contributed by atoms with Crippen molar-refractivity contribution in [2.45, 2.75) is 32.4 Å². The van der Waals surface area contributed by atoms with Crippen LogP contribution in [-0.2, 0) is 11.3 Å². The van der Waals surface area contributed by atoms with E-state index in [1.165, 1.54) is 0 Å². The number of likely N-dealkylation sites (N-methyl/N-ethyl adjacent to an activating group) is 1. The van der Waals surface area contributed by atoms with Crippen LogP contribution in [0.3, 0.4) is 0 Å². The van der Waals surface area contributed by atoms with E-state index >= 15 is 0 Å². The maximum absolute atomic E-state index is 12.2. The van der Waals surface area contributed by atoms with E-state index in [1.54, 1.807) is 12.4 Å². The molecule has 2 heterocycles. The minimum Gasteiger partial charge on any atom is -0.337 e. The normalized spacial score (nSPS) is 19.2. The van der Waals surface area contributed by atoms with Crippen molar-refractivity contribution in [3.63, 3.8) is 0 Å². The van der Waals surface area contributed by atoms with Crippen LogP contribution in [0.1, 0.15) is 25.3 Å². The average Bonchev–Trinajstić information content (AvgIpc) is 2.90. The van der Waals surface area contributed by atoms with Gasteiger partial charge in [-0.1, -0.05) is 0 Å². The molecule has 1 fully saturated rings. The van der Waals surface area contributed by atoms with Crippen LogP contribution in [0.5, 0.6) is 0 Å². The number of carbonyl (C=O) groups excluding carboxylic acids is 1. The molecule has 92 valence electrons. The molecule has 0 saturated carbocycles. The van der Waals surface area contributed by atoms with Crippen molar-refractivity contribution in [2.75, 3.05) is 13.1 Å². The Morgan fingerprint density at radius 3 is 2.88 bits per heavy atom. The van der Waals surface area contributed by atoms with E-state index in [9.17, 15) is 4.79 Å². The number of pyridine rings is 1. The zero-order valence-corrected chi connectivity index (χ0v) is 10.2. The molecule has 1 atom stereocenters. The van der Waals surface area contributed by atoms with Crippen molar-refractivity contribution in [3.05, 3.63) is 30.1 Å². The first-order valence-electron chi connectivity index (χ1n) is 6.22. The van der Waals surface area contributed by atoms with Crippen molar-refractivity contribution in [1.29, 1.82) is 0 Å². The predicted molar refractivity (Wildman–Crippen MR) is 66.4 cm³/mol. The number of rotatable bonds is 4. The standard InChI is InChI=1S/C13H19N3O/c1-2-16(10-11-5-8-14-9-6-11)13(17)12-4-3-7-15-12/h5-6,8-9,12,15H,2-4,7,10H2,1H3/t12-/m0/s1. The highest BCUT2D eigenvalue weighted by Crippen LogP contribution is 2.11. The molecule has 1 aromatic heterocycles. The van der Waals surface area contributed by atoms with E-state index < -0.39 is 0 Å². The summed E-state index contributed by atoms with van der Waals surface area (Å²) in [5.74, 6) is 0.224. The molecule has 4 nitrogen and oxygen atoms in total. The van der Waals surface area contributed by atoms with Gasteiger partial charge in [-0.05, 0) is 44.0 Å². The maximum atomic E-state index is 12.2. The average molecular weight is 233 g/mol. The molecule has 0 spiro atoms. The van der Waals surface area contributed by atoms with Crippen LogP contribution < -0.4 is 5.32 Å². The monoisotopic (exact) mass is 233 g/mol. The van der Waals surface area contributed by atoms with Gasteiger partial charge in [0.15, 0.2) is 0 Å². The van der Waals surface area contributed by atoms with Gasteiger partial charge >= 0.3 is 0 Å². The third-order valence-corrected chi connectivity index (χ3v) is 3.17. The fourth-order valence-corrected chi connectivity index (χ4v) is 2.17. The van der Waals surface area contributed by atoms with Crippen LogP contribution in [0, 0.1) is 0 Å². The van der Waals surface area contributed by atoms with Crippen molar-refractivity contribution in [1.82, 2.24) is 15.2 Å². The van der Waals surface area contributed by atoms with Crippen LogP contribution in [0.15, 0.2) is 24.5 Å². The molecule has 1 aliphatic rings. The molecule has 0 aliphatic carbocycles. The summed E-state index contributed by atoms with van der Waals surface area (Å²) in [7, 11) is 0. The maximum Gasteiger partial charge on any atom is 0.239 e. The Labute approximate surface area is 102 Å². The fourth-order valence-electron chi connectivity index (χ4n) is 2.17. The predicted octanol–water partition coefficient (Wildman–Crippen LogP) is 1.18. The highest BCUT2D eigenvalue weighted by atomic mass is 16.2. The lowest BCUT2D eigenvalue weighted by molar-refractivity contribution is -0.133. The summed E-state index contributed by atoms with van der Waals surface area (Å²) in [4.78, 5) is 18.1. The lowest BCUT2D eigenvalue weighted by atomic mass is 10.2. The second-order valence-corrected chi connectivity index (χ2v) is 4.36. The number of hydrogen-bond acceptors (Lipinski definition) is 3. The Morgan fingerprint density at radius 2 is 2.29 bits per heavy atom. The number of carbonyl (C=O) groups is 1. The van der Waals surface area contributed by atoms with Crippen molar-refractivity contribution in [2.24, 2.45) is 0 Å². The van der Waals surface area contributed by atoms with E-state index in [0.717, 1.165) is 31.5 Å². The van der Waals surface area contributed by atoms with Gasteiger partial charge in [0.25, 0.3) is 0 Å². The van der Waals surface area contributed by atoms with Crippen molar-refractivity contribution >= 4 is 5.91 Å². The minimum absolute atomic E-state index is 0.0248. The second kappa shape index (κ2) is 5.77. The van der Waals surface area contributed by atoms with Crippen LogP contribution in [0.4, 0.5) is 0 Å². The van der Waals surface area contributed by atoms with Gasteiger partial charge in [-0.2, -0.15) is 0 Å². The van der Waals surface area contributed by atoms with E-state index in [2.05, 4.69) is 10.3 Å². The first-order valence-corrected chi connectivity index (χ1v) is 6.22. The van der Waals surface area contributed by atoms with Gasteiger partial charge in [0, 0.05) is 25.5 Å². The molecule has 2 rings (SSSR count). The Morgan fingerprint density at radius 1 is 1.53 bits per heavy atom. The molecule has 0 bridgehead atoms. The highest BCUT2D eigenvalue weighted by Gasteiger charge is 2.25. The minimum atomic E-state index is 0.0248. The number of hydrogen-bond donors (Lipinski definition) is 1. The molecule has 1 N–H and O–H groups in total. The first-order chi connectivity index (χ1) is 8.31. The SMILES string of the molecule is CCN(Cc1ccncc1)C(=O)[C@@H]1CCCN1. The van der Waals surface area contributed by atoms with Gasteiger partial charge in [0.2, 0.25) is 5.91 Å². The number of nitrogens with one attached hydrogen (secondary N) is 1.